The van der Waals surface area contributed by atoms with Gasteiger partial charge in [0.2, 0.25) is 11.8 Å². The van der Waals surface area contributed by atoms with Crippen molar-refractivity contribution in [3.63, 3.8) is 0 Å². The van der Waals surface area contributed by atoms with Crippen LogP contribution in [0.15, 0.2) is 48.0 Å². The van der Waals surface area contributed by atoms with Crippen LogP contribution in [0.4, 0.5) is 0 Å². The number of amides is 2. The van der Waals surface area contributed by atoms with Gasteiger partial charge in [-0.1, -0.05) is 70.4 Å². The smallest absolute Gasteiger partial charge is 0.247 e. The van der Waals surface area contributed by atoms with Gasteiger partial charge in [-0.3, -0.25) is 14.4 Å². The van der Waals surface area contributed by atoms with Gasteiger partial charge in [-0.2, -0.15) is 0 Å². The Morgan fingerprint density at radius 1 is 1.00 bits per heavy atom. The van der Waals surface area contributed by atoms with E-state index in [-0.39, 0.29) is 19.1 Å². The average molecular weight is 665 g/mol. The first-order valence-electron chi connectivity index (χ1n) is 17.4. The summed E-state index contributed by atoms with van der Waals surface area (Å²) in [6.45, 7) is 2.30. The molecule has 262 valence electrons. The van der Waals surface area contributed by atoms with Gasteiger partial charge >= 0.3 is 0 Å². The molecule has 0 aromatic heterocycles. The number of carbonyl (C=O) groups excluding carboxylic acids is 3. The number of fused-ring (bicyclic) bond motifs is 3. The first kappa shape index (κ1) is 36.9. The molecule has 2 aliphatic rings. The second-order valence-corrected chi connectivity index (χ2v) is 12.7. The number of nitrogens with zero attached hydrogens (tertiary/aromatic N) is 1. The zero-order valence-electron chi connectivity index (χ0n) is 28.6. The van der Waals surface area contributed by atoms with Crippen molar-refractivity contribution in [2.45, 2.75) is 102 Å². The molecule has 1 aliphatic carbocycles. The predicted octanol–water partition coefficient (Wildman–Crippen LogP) is 5.13. The molecule has 2 amide bonds. The molecular weight excluding hydrogens is 612 g/mol. The normalized spacial score (nSPS) is 19.4. The molecule has 48 heavy (non-hydrogen) atoms. The van der Waals surface area contributed by atoms with E-state index >= 15 is 0 Å². The summed E-state index contributed by atoms with van der Waals surface area (Å²) < 4.78 is 17.3. The summed E-state index contributed by atoms with van der Waals surface area (Å²) in [5, 5.41) is 24.1. The Balaban J connectivity index is 1.61. The van der Waals surface area contributed by atoms with Crippen LogP contribution >= 0.6 is 0 Å². The van der Waals surface area contributed by atoms with Crippen molar-refractivity contribution in [2.75, 3.05) is 33.9 Å². The zero-order valence-corrected chi connectivity index (χ0v) is 28.6. The van der Waals surface area contributed by atoms with Crippen LogP contribution in [0, 0.1) is 0 Å². The molecule has 0 saturated heterocycles. The summed E-state index contributed by atoms with van der Waals surface area (Å²) >= 11 is 0. The Kier molecular flexibility index (Phi) is 14.3. The van der Waals surface area contributed by atoms with E-state index in [9.17, 15) is 24.6 Å². The van der Waals surface area contributed by atoms with Gasteiger partial charge in [0.25, 0.3) is 0 Å². The van der Waals surface area contributed by atoms with Gasteiger partial charge in [0, 0.05) is 36.2 Å². The first-order chi connectivity index (χ1) is 23.4. The van der Waals surface area contributed by atoms with Gasteiger partial charge in [0.15, 0.2) is 11.5 Å². The topological polar surface area (TPSA) is 135 Å². The number of benzene rings is 2. The monoisotopic (exact) mass is 664 g/mol. The third kappa shape index (κ3) is 9.17. The predicted molar refractivity (Wildman–Crippen MR) is 184 cm³/mol. The Hall–Kier alpha value is -3.89. The number of hydrogen-bond donors (Lipinski definition) is 3. The summed E-state index contributed by atoms with van der Waals surface area (Å²) in [5.41, 5.74) is 2.17. The quantitative estimate of drug-likeness (QED) is 0.131. The lowest BCUT2D eigenvalue weighted by atomic mass is 9.77. The fourth-order valence-electron chi connectivity index (χ4n) is 6.81. The number of rotatable bonds is 20. The molecule has 2 aromatic rings. The van der Waals surface area contributed by atoms with Crippen molar-refractivity contribution >= 4 is 18.1 Å². The van der Waals surface area contributed by atoms with Crippen molar-refractivity contribution < 1.29 is 38.8 Å². The van der Waals surface area contributed by atoms with Crippen LogP contribution in [0.25, 0.3) is 0 Å². The molecule has 0 unspecified atom stereocenters. The molecule has 0 bridgehead atoms. The van der Waals surface area contributed by atoms with Crippen LogP contribution < -0.4 is 19.5 Å². The van der Waals surface area contributed by atoms with E-state index in [0.29, 0.717) is 59.6 Å². The molecular formula is C38H52N2O8. The number of aldehydes is 1. The van der Waals surface area contributed by atoms with Gasteiger partial charge < -0.3 is 34.6 Å². The zero-order chi connectivity index (χ0) is 34.5. The molecule has 0 saturated carbocycles. The summed E-state index contributed by atoms with van der Waals surface area (Å²) in [6.07, 6.45) is 11.2. The Morgan fingerprint density at radius 2 is 1.73 bits per heavy atom. The standard InChI is InChI=1S/C38H52N2O8/c1-4-5-6-7-8-9-10-11-12-16-33(43)40(19-17-26-14-13-15-28(21-26)46-2)31-24-30(38(45)39-18-20-41)34-29-22-27(25-42)23-32(47-3)36(29)48-37(34)35(31)44/h13-15,21-25,31,34-35,37,41,44H,4-12,16-20H2,1-3H3,(H,39,45)/t31-,34+,35+,37+/m1/s1. The minimum Gasteiger partial charge on any atom is -0.497 e. The lowest BCUT2D eigenvalue weighted by Crippen LogP contribution is -2.56. The number of nitrogens with one attached hydrogen (secondary N) is 1. The van der Waals surface area contributed by atoms with E-state index < -0.39 is 30.1 Å². The van der Waals surface area contributed by atoms with E-state index in [1.807, 2.05) is 24.3 Å². The maximum absolute atomic E-state index is 14.0. The largest absolute Gasteiger partial charge is 0.497 e. The lowest BCUT2D eigenvalue weighted by molar-refractivity contribution is -0.137. The van der Waals surface area contributed by atoms with Gasteiger partial charge in [-0.25, -0.2) is 0 Å². The van der Waals surface area contributed by atoms with Gasteiger partial charge in [0.1, 0.15) is 24.2 Å². The molecule has 0 radical (unpaired) electrons. The van der Waals surface area contributed by atoms with E-state index in [4.69, 9.17) is 14.2 Å². The summed E-state index contributed by atoms with van der Waals surface area (Å²) in [6, 6.07) is 9.99. The highest BCUT2D eigenvalue weighted by atomic mass is 16.5. The SMILES string of the molecule is CCCCCCCCCCCC(=O)N(CCc1cccc(OC)c1)[C@@H]1C=C(C(=O)NCCO)[C@@H]2c3cc(C=O)cc(OC)c3O[C@@H]2[C@H]1O. The minimum absolute atomic E-state index is 0.0310. The summed E-state index contributed by atoms with van der Waals surface area (Å²) in [7, 11) is 3.07. The summed E-state index contributed by atoms with van der Waals surface area (Å²) in [5.74, 6) is 0.116. The maximum atomic E-state index is 14.0. The number of ether oxygens (including phenoxy) is 3. The lowest BCUT2D eigenvalue weighted by Gasteiger charge is -2.41. The fraction of sp³-hybridized carbons (Fsp3) is 0.553. The molecule has 10 heteroatoms. The number of aliphatic hydroxyl groups is 2. The van der Waals surface area contributed by atoms with Crippen LogP contribution in [-0.2, 0) is 16.0 Å². The van der Waals surface area contributed by atoms with Gasteiger partial charge in [-0.05, 0) is 48.7 Å². The third-order valence-electron chi connectivity index (χ3n) is 9.36. The second kappa shape index (κ2) is 18.6. The molecule has 0 spiro atoms. The van der Waals surface area contributed by atoms with Crippen LogP contribution in [0.1, 0.15) is 98.5 Å². The van der Waals surface area contributed by atoms with E-state index in [1.54, 1.807) is 30.2 Å². The fourth-order valence-corrected chi connectivity index (χ4v) is 6.81. The molecule has 2 aromatic carbocycles. The number of aliphatic hydroxyl groups excluding tert-OH is 2. The van der Waals surface area contributed by atoms with Gasteiger partial charge in [-0.15, -0.1) is 0 Å². The first-order valence-corrected chi connectivity index (χ1v) is 17.4. The van der Waals surface area contributed by atoms with Crippen LogP contribution in [-0.4, -0.2) is 85.4 Å². The molecule has 10 nitrogen and oxygen atoms in total. The van der Waals surface area contributed by atoms with E-state index in [1.165, 1.54) is 39.2 Å². The number of hydrogen-bond acceptors (Lipinski definition) is 8. The third-order valence-corrected chi connectivity index (χ3v) is 9.36. The van der Waals surface area contributed by atoms with Crippen LogP contribution in [0.2, 0.25) is 0 Å². The highest BCUT2D eigenvalue weighted by Crippen LogP contribution is 2.51. The van der Waals surface area contributed by atoms with Crippen molar-refractivity contribution in [3.05, 3.63) is 64.7 Å². The Bertz CT molecular complexity index is 1410. The molecule has 3 N–H and O–H groups in total. The van der Waals surface area contributed by atoms with Crippen molar-refractivity contribution in [1.82, 2.24) is 10.2 Å². The van der Waals surface area contributed by atoms with Crippen molar-refractivity contribution in [2.24, 2.45) is 0 Å². The molecule has 4 rings (SSSR count). The highest BCUT2D eigenvalue weighted by molar-refractivity contribution is 5.96. The van der Waals surface area contributed by atoms with Crippen LogP contribution in [0.3, 0.4) is 0 Å². The molecule has 4 atom stereocenters. The van der Waals surface area contributed by atoms with Crippen LogP contribution in [0.5, 0.6) is 17.2 Å². The van der Waals surface area contributed by atoms with E-state index in [2.05, 4.69) is 12.2 Å². The van der Waals surface area contributed by atoms with Gasteiger partial charge in [0.05, 0.1) is 32.8 Å². The number of methoxy groups -OCH3 is 2. The molecule has 1 aliphatic heterocycles. The molecule has 1 heterocycles. The second-order valence-electron chi connectivity index (χ2n) is 12.7. The number of unbranched alkanes of at least 4 members (excludes halogenated alkanes) is 8. The van der Waals surface area contributed by atoms with E-state index in [0.717, 1.165) is 31.2 Å². The average Bonchev–Trinajstić information content (AvgIpc) is 3.50. The maximum Gasteiger partial charge on any atom is 0.247 e. The summed E-state index contributed by atoms with van der Waals surface area (Å²) in [4.78, 5) is 41.1. The van der Waals surface area contributed by atoms with Crippen molar-refractivity contribution in [1.29, 1.82) is 0 Å². The highest BCUT2D eigenvalue weighted by Gasteiger charge is 2.51. The Labute approximate surface area is 284 Å². The van der Waals surface area contributed by atoms with Crippen molar-refractivity contribution in [3.8, 4) is 17.2 Å². The minimum atomic E-state index is -1.18. The Morgan fingerprint density at radius 3 is 2.40 bits per heavy atom. The number of carbonyl (C=O) groups is 3. The molecule has 0 fully saturated rings.